The fourth-order valence-electron chi connectivity index (χ4n) is 2.18. The molecule has 1 fully saturated rings. The molecule has 1 atom stereocenters. The molecule has 2 rings (SSSR count). The predicted octanol–water partition coefficient (Wildman–Crippen LogP) is 1.79. The molecule has 0 bridgehead atoms. The number of aromatic nitrogens is 2. The van der Waals surface area contributed by atoms with E-state index in [1.54, 1.807) is 17.0 Å². The highest BCUT2D eigenvalue weighted by molar-refractivity contribution is 5.31. The number of nitrogens with one attached hydrogen (secondary N) is 1. The second-order valence-corrected chi connectivity index (χ2v) is 6.52. The summed E-state index contributed by atoms with van der Waals surface area (Å²) in [6.07, 6.45) is 5.71. The number of anilines is 1. The monoisotopic (exact) mass is 265 g/mol. The molecule has 106 valence electrons. The maximum absolute atomic E-state index is 12.1. The molecule has 1 aromatic heterocycles. The van der Waals surface area contributed by atoms with Gasteiger partial charge in [0.1, 0.15) is 0 Å². The van der Waals surface area contributed by atoms with E-state index in [4.69, 9.17) is 0 Å². The van der Waals surface area contributed by atoms with Gasteiger partial charge in [0.15, 0.2) is 5.82 Å². The van der Waals surface area contributed by atoms with Crippen LogP contribution in [0.4, 0.5) is 5.82 Å². The topological polar surface area (TPSA) is 67.2 Å². The fraction of sp³-hybridized carbons (Fsp3) is 0.714. The summed E-state index contributed by atoms with van der Waals surface area (Å²) in [4.78, 5) is 16.2. The van der Waals surface area contributed by atoms with Gasteiger partial charge in [0.25, 0.3) is 5.56 Å². The molecule has 2 N–H and O–H groups in total. The Morgan fingerprint density at radius 3 is 2.79 bits per heavy atom. The Morgan fingerprint density at radius 2 is 2.21 bits per heavy atom. The van der Waals surface area contributed by atoms with Crippen molar-refractivity contribution in [3.63, 3.8) is 0 Å². The standard InChI is InChI=1S/C14H23N3O2/c1-14(2,3)8-11(18)9-16-12-13(19)17(7-6-15-12)10-4-5-10/h6-7,10-11,18H,4-5,8-9H2,1-3H3,(H,15,16). The van der Waals surface area contributed by atoms with Crippen molar-refractivity contribution >= 4 is 5.82 Å². The minimum absolute atomic E-state index is 0.0689. The predicted molar refractivity (Wildman–Crippen MR) is 75.3 cm³/mol. The molecule has 0 amide bonds. The van der Waals surface area contributed by atoms with Crippen LogP contribution >= 0.6 is 0 Å². The lowest BCUT2D eigenvalue weighted by Crippen LogP contribution is -2.29. The van der Waals surface area contributed by atoms with Gasteiger partial charge in [0, 0.05) is 25.0 Å². The van der Waals surface area contributed by atoms with E-state index in [2.05, 4.69) is 31.1 Å². The van der Waals surface area contributed by atoms with Gasteiger partial charge < -0.3 is 15.0 Å². The quantitative estimate of drug-likeness (QED) is 0.851. The first kappa shape index (κ1) is 14.1. The second-order valence-electron chi connectivity index (χ2n) is 6.52. The minimum Gasteiger partial charge on any atom is -0.391 e. The first-order valence-electron chi connectivity index (χ1n) is 6.86. The van der Waals surface area contributed by atoms with E-state index in [0.717, 1.165) is 12.8 Å². The van der Waals surface area contributed by atoms with Crippen LogP contribution in [-0.2, 0) is 0 Å². The maximum atomic E-state index is 12.1. The smallest absolute Gasteiger partial charge is 0.293 e. The molecule has 0 radical (unpaired) electrons. The van der Waals surface area contributed by atoms with Crippen molar-refractivity contribution in [3.8, 4) is 0 Å². The molecule has 0 spiro atoms. The molecule has 0 aromatic carbocycles. The van der Waals surface area contributed by atoms with Crippen molar-refractivity contribution < 1.29 is 5.11 Å². The largest absolute Gasteiger partial charge is 0.391 e. The van der Waals surface area contributed by atoms with Crippen molar-refractivity contribution in [1.82, 2.24) is 9.55 Å². The molecular weight excluding hydrogens is 242 g/mol. The molecule has 19 heavy (non-hydrogen) atoms. The van der Waals surface area contributed by atoms with Gasteiger partial charge >= 0.3 is 0 Å². The van der Waals surface area contributed by atoms with Gasteiger partial charge in [0.05, 0.1) is 6.10 Å². The SMILES string of the molecule is CC(C)(C)CC(O)CNc1nccn(C2CC2)c1=O. The summed E-state index contributed by atoms with van der Waals surface area (Å²) in [7, 11) is 0. The van der Waals surface area contributed by atoms with Gasteiger partial charge in [-0.3, -0.25) is 4.79 Å². The molecule has 1 heterocycles. The van der Waals surface area contributed by atoms with Crippen LogP contribution in [0.25, 0.3) is 0 Å². The van der Waals surface area contributed by atoms with Gasteiger partial charge in [-0.05, 0) is 24.7 Å². The van der Waals surface area contributed by atoms with Crippen LogP contribution in [0.1, 0.15) is 46.1 Å². The summed E-state index contributed by atoms with van der Waals surface area (Å²) in [5.41, 5.74) is -0.0210. The summed E-state index contributed by atoms with van der Waals surface area (Å²) in [5.74, 6) is 0.336. The minimum atomic E-state index is -0.476. The lowest BCUT2D eigenvalue weighted by atomic mass is 9.89. The van der Waals surface area contributed by atoms with E-state index in [9.17, 15) is 9.90 Å². The zero-order chi connectivity index (χ0) is 14.0. The number of nitrogens with zero attached hydrogens (tertiary/aromatic N) is 2. The third-order valence-corrected chi connectivity index (χ3v) is 3.16. The maximum Gasteiger partial charge on any atom is 0.293 e. The molecule has 5 heteroatoms. The summed E-state index contributed by atoms with van der Waals surface area (Å²) < 4.78 is 1.73. The van der Waals surface area contributed by atoms with Gasteiger partial charge in [0.2, 0.25) is 0 Å². The number of rotatable bonds is 5. The van der Waals surface area contributed by atoms with Crippen molar-refractivity contribution in [2.45, 2.75) is 52.2 Å². The molecule has 1 aromatic rings. The summed E-state index contributed by atoms with van der Waals surface area (Å²) in [5, 5.41) is 12.9. The van der Waals surface area contributed by atoms with Crippen LogP contribution in [0, 0.1) is 5.41 Å². The van der Waals surface area contributed by atoms with Crippen LogP contribution in [0.15, 0.2) is 17.2 Å². The average Bonchev–Trinajstić information content (AvgIpc) is 3.09. The number of hydrogen-bond acceptors (Lipinski definition) is 4. The van der Waals surface area contributed by atoms with E-state index in [0.29, 0.717) is 24.8 Å². The van der Waals surface area contributed by atoms with Crippen LogP contribution in [0.3, 0.4) is 0 Å². The Bertz CT molecular complexity index is 486. The fourth-order valence-corrected chi connectivity index (χ4v) is 2.18. The van der Waals surface area contributed by atoms with Crippen LogP contribution in [-0.4, -0.2) is 27.3 Å². The van der Waals surface area contributed by atoms with Gasteiger partial charge in [-0.2, -0.15) is 0 Å². The van der Waals surface area contributed by atoms with Crippen molar-refractivity contribution in [3.05, 3.63) is 22.7 Å². The Kier molecular flexibility index (Phi) is 3.94. The third kappa shape index (κ3) is 4.06. The highest BCUT2D eigenvalue weighted by Gasteiger charge is 2.25. The van der Waals surface area contributed by atoms with Gasteiger partial charge in [-0.15, -0.1) is 0 Å². The molecular formula is C14H23N3O2. The molecule has 1 aliphatic rings. The van der Waals surface area contributed by atoms with Gasteiger partial charge in [-0.1, -0.05) is 20.8 Å². The van der Waals surface area contributed by atoms with Crippen molar-refractivity contribution in [1.29, 1.82) is 0 Å². The van der Waals surface area contributed by atoms with Crippen LogP contribution in [0.2, 0.25) is 0 Å². The molecule has 5 nitrogen and oxygen atoms in total. The number of hydrogen-bond donors (Lipinski definition) is 2. The number of aliphatic hydroxyl groups is 1. The zero-order valence-corrected chi connectivity index (χ0v) is 11.9. The summed E-state index contributed by atoms with van der Waals surface area (Å²) >= 11 is 0. The third-order valence-electron chi connectivity index (χ3n) is 3.16. The van der Waals surface area contributed by atoms with Gasteiger partial charge in [-0.25, -0.2) is 4.98 Å². The van der Waals surface area contributed by atoms with E-state index in [-0.39, 0.29) is 11.0 Å². The van der Waals surface area contributed by atoms with Crippen LogP contribution < -0.4 is 10.9 Å². The molecule has 1 unspecified atom stereocenters. The number of aliphatic hydroxyl groups excluding tert-OH is 1. The van der Waals surface area contributed by atoms with Crippen molar-refractivity contribution in [2.24, 2.45) is 5.41 Å². The van der Waals surface area contributed by atoms with Crippen molar-refractivity contribution in [2.75, 3.05) is 11.9 Å². The Hall–Kier alpha value is -1.36. The average molecular weight is 265 g/mol. The Labute approximate surface area is 113 Å². The summed E-state index contributed by atoms with van der Waals surface area (Å²) in [6, 6.07) is 0.343. The lowest BCUT2D eigenvalue weighted by Gasteiger charge is -2.22. The van der Waals surface area contributed by atoms with Crippen LogP contribution in [0.5, 0.6) is 0 Å². The van der Waals surface area contributed by atoms with E-state index >= 15 is 0 Å². The first-order valence-corrected chi connectivity index (χ1v) is 6.86. The summed E-state index contributed by atoms with van der Waals surface area (Å²) in [6.45, 7) is 6.60. The van der Waals surface area contributed by atoms with E-state index in [1.165, 1.54) is 0 Å². The molecule has 1 aliphatic carbocycles. The normalized spacial score (nSPS) is 17.3. The first-order chi connectivity index (χ1) is 8.87. The Balaban J connectivity index is 1.96. The molecule has 1 saturated carbocycles. The Morgan fingerprint density at radius 1 is 1.53 bits per heavy atom. The molecule has 0 saturated heterocycles. The molecule has 0 aliphatic heterocycles. The highest BCUT2D eigenvalue weighted by atomic mass is 16.3. The van der Waals surface area contributed by atoms with E-state index in [1.807, 2.05) is 0 Å². The second kappa shape index (κ2) is 5.33. The lowest BCUT2D eigenvalue weighted by molar-refractivity contribution is 0.132. The highest BCUT2D eigenvalue weighted by Crippen LogP contribution is 2.33. The zero-order valence-electron chi connectivity index (χ0n) is 11.9. The van der Waals surface area contributed by atoms with E-state index < -0.39 is 6.10 Å².